The maximum atomic E-state index is 11.5. The Balaban J connectivity index is 2.94. The number of hydrogen-bond acceptors (Lipinski definition) is 4. The highest BCUT2D eigenvalue weighted by atomic mass is 16.4. The van der Waals surface area contributed by atoms with Gasteiger partial charge in [-0.1, -0.05) is 19.1 Å². The molecule has 0 spiro atoms. The van der Waals surface area contributed by atoms with Crippen LogP contribution in [0.25, 0.3) is 10.9 Å². The average Bonchev–Trinajstić information content (AvgIpc) is 2.16. The van der Waals surface area contributed by atoms with E-state index in [4.69, 9.17) is 10.2 Å². The summed E-state index contributed by atoms with van der Waals surface area (Å²) in [6.45, 7) is 1.98. The van der Waals surface area contributed by atoms with E-state index in [9.17, 15) is 4.79 Å². The zero-order valence-electron chi connectivity index (χ0n) is 7.78. The highest BCUT2D eigenvalue weighted by Crippen LogP contribution is 2.14. The molecule has 4 heteroatoms. The second-order valence-electron chi connectivity index (χ2n) is 3.00. The van der Waals surface area contributed by atoms with E-state index in [2.05, 4.69) is 4.98 Å². The Morgan fingerprint density at radius 1 is 1.50 bits per heavy atom. The molecule has 0 atom stereocenters. The lowest BCUT2D eigenvalue weighted by atomic mass is 10.1. The molecule has 0 radical (unpaired) electrons. The molecule has 1 aromatic carbocycles. The van der Waals surface area contributed by atoms with E-state index in [0.29, 0.717) is 10.9 Å². The third-order valence-electron chi connectivity index (χ3n) is 2.14. The van der Waals surface area contributed by atoms with E-state index in [0.717, 1.165) is 12.0 Å². The van der Waals surface area contributed by atoms with Gasteiger partial charge in [-0.05, 0) is 18.1 Å². The summed E-state index contributed by atoms with van der Waals surface area (Å²) < 4.78 is 4.74. The van der Waals surface area contributed by atoms with Crippen LogP contribution in [0.1, 0.15) is 12.5 Å². The first-order valence-electron chi connectivity index (χ1n) is 4.40. The molecule has 0 amide bonds. The fourth-order valence-corrected chi connectivity index (χ4v) is 1.50. The SMILES string of the molecule is CCc1cccc2nc(N)oc(=O)c12. The maximum absolute atomic E-state index is 11.5. The van der Waals surface area contributed by atoms with Crippen molar-refractivity contribution in [2.75, 3.05) is 5.73 Å². The van der Waals surface area contributed by atoms with Gasteiger partial charge in [-0.25, -0.2) is 4.79 Å². The van der Waals surface area contributed by atoms with Gasteiger partial charge in [-0.3, -0.25) is 0 Å². The fraction of sp³-hybridized carbons (Fsp3) is 0.200. The Morgan fingerprint density at radius 2 is 2.29 bits per heavy atom. The Kier molecular flexibility index (Phi) is 1.96. The number of nitrogens with zero attached hydrogens (tertiary/aromatic N) is 1. The molecule has 0 aliphatic rings. The predicted molar refractivity (Wildman–Crippen MR) is 54.1 cm³/mol. The average molecular weight is 190 g/mol. The molecule has 4 nitrogen and oxygen atoms in total. The van der Waals surface area contributed by atoms with Crippen molar-refractivity contribution in [3.05, 3.63) is 34.2 Å². The monoisotopic (exact) mass is 190 g/mol. The lowest BCUT2D eigenvalue weighted by Gasteiger charge is -2.01. The van der Waals surface area contributed by atoms with Crippen LogP contribution < -0.4 is 11.4 Å². The second-order valence-corrected chi connectivity index (χ2v) is 3.00. The normalized spacial score (nSPS) is 10.6. The van der Waals surface area contributed by atoms with Crippen LogP contribution in [0.3, 0.4) is 0 Å². The van der Waals surface area contributed by atoms with Gasteiger partial charge in [0.05, 0.1) is 10.9 Å². The van der Waals surface area contributed by atoms with Crippen molar-refractivity contribution in [1.82, 2.24) is 4.98 Å². The molecule has 0 aliphatic carbocycles. The molecule has 2 aromatic rings. The number of hydrogen-bond donors (Lipinski definition) is 1. The van der Waals surface area contributed by atoms with Gasteiger partial charge in [-0.2, -0.15) is 4.98 Å². The Bertz CT molecular complexity index is 531. The van der Waals surface area contributed by atoms with Crippen molar-refractivity contribution in [3.63, 3.8) is 0 Å². The number of benzene rings is 1. The van der Waals surface area contributed by atoms with Gasteiger partial charge < -0.3 is 10.2 Å². The molecule has 1 aromatic heterocycles. The predicted octanol–water partition coefficient (Wildman–Crippen LogP) is 1.33. The van der Waals surface area contributed by atoms with Gasteiger partial charge in [0.2, 0.25) is 0 Å². The van der Waals surface area contributed by atoms with E-state index in [1.807, 2.05) is 19.1 Å². The summed E-state index contributed by atoms with van der Waals surface area (Å²) >= 11 is 0. The van der Waals surface area contributed by atoms with Crippen LogP contribution in [-0.4, -0.2) is 4.98 Å². The number of aromatic nitrogens is 1. The number of nitrogens with two attached hydrogens (primary N) is 1. The summed E-state index contributed by atoms with van der Waals surface area (Å²) in [7, 11) is 0. The minimum absolute atomic E-state index is 0.0873. The van der Waals surface area contributed by atoms with E-state index in [-0.39, 0.29) is 6.01 Å². The summed E-state index contributed by atoms with van der Waals surface area (Å²) in [5.74, 6) is 0. The standard InChI is InChI=1S/C10H10N2O2/c1-2-6-4-3-5-7-8(6)9(13)14-10(11)12-7/h3-5H,2H2,1H3,(H2,11,12). The van der Waals surface area contributed by atoms with Gasteiger partial charge in [0, 0.05) is 0 Å². The smallest absolute Gasteiger partial charge is 0.348 e. The van der Waals surface area contributed by atoms with Crippen LogP contribution in [0.4, 0.5) is 6.01 Å². The number of rotatable bonds is 1. The number of anilines is 1. The molecular formula is C10H10N2O2. The quantitative estimate of drug-likeness (QED) is 0.736. The third kappa shape index (κ3) is 1.25. The molecule has 0 bridgehead atoms. The lowest BCUT2D eigenvalue weighted by molar-refractivity contribution is 0.524. The van der Waals surface area contributed by atoms with Gasteiger partial charge in [0.1, 0.15) is 0 Å². The summed E-state index contributed by atoms with van der Waals surface area (Å²) in [6, 6.07) is 5.40. The van der Waals surface area contributed by atoms with Crippen LogP contribution in [0.15, 0.2) is 27.4 Å². The van der Waals surface area contributed by atoms with Crippen LogP contribution in [-0.2, 0) is 6.42 Å². The van der Waals surface area contributed by atoms with Crippen molar-refractivity contribution in [1.29, 1.82) is 0 Å². The minimum atomic E-state index is -0.412. The first-order valence-corrected chi connectivity index (χ1v) is 4.40. The molecule has 14 heavy (non-hydrogen) atoms. The Labute approximate surface area is 80.4 Å². The third-order valence-corrected chi connectivity index (χ3v) is 2.14. The molecule has 0 saturated carbocycles. The summed E-state index contributed by atoms with van der Waals surface area (Å²) in [5, 5.41) is 0.532. The van der Waals surface area contributed by atoms with Crippen LogP contribution in [0.2, 0.25) is 0 Å². The molecule has 2 N–H and O–H groups in total. The van der Waals surface area contributed by atoms with Crippen molar-refractivity contribution in [2.24, 2.45) is 0 Å². The lowest BCUT2D eigenvalue weighted by Crippen LogP contribution is -2.06. The van der Waals surface area contributed by atoms with Gasteiger partial charge in [0.25, 0.3) is 6.01 Å². The minimum Gasteiger partial charge on any atom is -0.389 e. The van der Waals surface area contributed by atoms with E-state index in [1.165, 1.54) is 0 Å². The molecule has 2 rings (SSSR count). The highest BCUT2D eigenvalue weighted by Gasteiger charge is 2.07. The van der Waals surface area contributed by atoms with E-state index < -0.39 is 5.63 Å². The first-order chi connectivity index (χ1) is 6.72. The summed E-state index contributed by atoms with van der Waals surface area (Å²) in [4.78, 5) is 15.4. The van der Waals surface area contributed by atoms with E-state index >= 15 is 0 Å². The highest BCUT2D eigenvalue weighted by molar-refractivity contribution is 5.81. The number of fused-ring (bicyclic) bond motifs is 1. The van der Waals surface area contributed by atoms with Crippen molar-refractivity contribution in [2.45, 2.75) is 13.3 Å². The maximum Gasteiger partial charge on any atom is 0.348 e. The molecule has 72 valence electrons. The molecule has 0 saturated heterocycles. The van der Waals surface area contributed by atoms with Crippen molar-refractivity contribution in [3.8, 4) is 0 Å². The molecule has 0 aliphatic heterocycles. The van der Waals surface area contributed by atoms with Crippen LogP contribution >= 0.6 is 0 Å². The molecule has 0 fully saturated rings. The number of aryl methyl sites for hydroxylation is 1. The van der Waals surface area contributed by atoms with Crippen LogP contribution in [0.5, 0.6) is 0 Å². The van der Waals surface area contributed by atoms with Gasteiger partial charge in [0.15, 0.2) is 0 Å². The van der Waals surface area contributed by atoms with Gasteiger partial charge in [-0.15, -0.1) is 0 Å². The first kappa shape index (κ1) is 8.74. The Hall–Kier alpha value is -1.84. The second kappa shape index (κ2) is 3.14. The summed E-state index contributed by atoms with van der Waals surface area (Å²) in [6.07, 6.45) is 0.772. The zero-order valence-corrected chi connectivity index (χ0v) is 7.78. The largest absolute Gasteiger partial charge is 0.389 e. The Morgan fingerprint density at radius 3 is 3.00 bits per heavy atom. The molecule has 1 heterocycles. The van der Waals surface area contributed by atoms with Crippen molar-refractivity contribution >= 4 is 16.9 Å². The number of nitrogen functional groups attached to an aromatic ring is 1. The fourth-order valence-electron chi connectivity index (χ4n) is 1.50. The van der Waals surface area contributed by atoms with E-state index in [1.54, 1.807) is 6.07 Å². The molecule has 0 unspecified atom stereocenters. The summed E-state index contributed by atoms with van der Waals surface area (Å²) in [5.41, 5.74) is 6.46. The van der Waals surface area contributed by atoms with Crippen LogP contribution in [0, 0.1) is 0 Å². The zero-order chi connectivity index (χ0) is 10.1. The van der Waals surface area contributed by atoms with Gasteiger partial charge >= 0.3 is 5.63 Å². The van der Waals surface area contributed by atoms with Crippen molar-refractivity contribution < 1.29 is 4.42 Å². The molecular weight excluding hydrogens is 180 g/mol. The topological polar surface area (TPSA) is 69.1 Å².